The molecule has 0 aliphatic heterocycles. The first kappa shape index (κ1) is 40.7. The summed E-state index contributed by atoms with van der Waals surface area (Å²) in [5, 5.41) is 187. The summed E-state index contributed by atoms with van der Waals surface area (Å²) >= 11 is 0. The van der Waals surface area contributed by atoms with Gasteiger partial charge in [0.2, 0.25) is 0 Å². The topological polar surface area (TPSA) is 411 Å². The van der Waals surface area contributed by atoms with Crippen molar-refractivity contribution < 1.29 is 107 Å². The molecular formula is C21H42O21. The van der Waals surface area contributed by atoms with Crippen LogP contribution in [0.1, 0.15) is 0 Å². The average molecular weight is 631 g/mol. The van der Waals surface area contributed by atoms with E-state index in [-0.39, 0.29) is 0 Å². The van der Waals surface area contributed by atoms with Crippen LogP contribution in [-0.2, 0) is 9.53 Å². The largest absolute Gasteiger partial charge is 0.479 e. The summed E-state index contributed by atoms with van der Waals surface area (Å²) in [7, 11) is 0.810. The quantitative estimate of drug-likeness (QED) is 0.0593. The van der Waals surface area contributed by atoms with Crippen LogP contribution >= 0.6 is 0 Å². The van der Waals surface area contributed by atoms with Gasteiger partial charge in [-0.2, -0.15) is 0 Å². The van der Waals surface area contributed by atoms with Crippen LogP contribution in [0.5, 0.6) is 0 Å². The lowest BCUT2D eigenvalue weighted by molar-refractivity contribution is -0.211. The molecule has 0 aliphatic rings. The van der Waals surface area contributed by atoms with E-state index in [0.717, 1.165) is 7.11 Å². The SMILES string of the molecule is COC(C(=O)O)C(O)C(O)C(O)C(O)C(O)C(O)C(O)C(O)C(O)C(O)C(O)C(O)C(O)C(O)C(O)C(O)C(O)CO. The highest BCUT2D eigenvalue weighted by Gasteiger charge is 2.47. The van der Waals surface area contributed by atoms with E-state index in [4.69, 9.17) is 10.2 Å². The monoisotopic (exact) mass is 630 g/mol. The van der Waals surface area contributed by atoms with Crippen LogP contribution in [0.15, 0.2) is 0 Å². The van der Waals surface area contributed by atoms with Gasteiger partial charge in [0.1, 0.15) is 104 Å². The maximum absolute atomic E-state index is 11.0. The zero-order valence-corrected chi connectivity index (χ0v) is 21.9. The molecule has 42 heavy (non-hydrogen) atoms. The molecule has 0 spiro atoms. The summed E-state index contributed by atoms with van der Waals surface area (Å²) in [6.45, 7) is -1.10. The molecule has 0 aromatic heterocycles. The number of rotatable bonds is 20. The summed E-state index contributed by atoms with van der Waals surface area (Å²) in [4.78, 5) is 11.0. The van der Waals surface area contributed by atoms with Crippen LogP contribution in [0.3, 0.4) is 0 Å². The molecule has 0 saturated carbocycles. The summed E-state index contributed by atoms with van der Waals surface area (Å²) in [5.74, 6) is -1.80. The molecule has 0 rings (SSSR count). The molecule has 18 atom stereocenters. The molecule has 21 heteroatoms. The molecule has 0 amide bonds. The summed E-state index contributed by atoms with van der Waals surface area (Å²) < 4.78 is 4.40. The fourth-order valence-corrected chi connectivity index (χ4v) is 3.73. The van der Waals surface area contributed by atoms with Gasteiger partial charge in [-0.05, 0) is 0 Å². The van der Waals surface area contributed by atoms with Crippen LogP contribution in [0.2, 0.25) is 0 Å². The van der Waals surface area contributed by atoms with Crippen LogP contribution in [0.4, 0.5) is 0 Å². The molecule has 19 N–H and O–H groups in total. The molecule has 0 fully saturated rings. The third kappa shape index (κ3) is 9.86. The van der Waals surface area contributed by atoms with Crippen molar-refractivity contribution in [3.05, 3.63) is 0 Å². The van der Waals surface area contributed by atoms with E-state index in [0.29, 0.717) is 0 Å². The fraction of sp³-hybridized carbons (Fsp3) is 0.952. The molecule has 0 bridgehead atoms. The number of aliphatic hydroxyl groups is 18. The summed E-state index contributed by atoms with van der Waals surface area (Å²) in [5.41, 5.74) is 0. The van der Waals surface area contributed by atoms with Gasteiger partial charge in [-0.3, -0.25) is 0 Å². The Morgan fingerprint density at radius 1 is 0.429 bits per heavy atom. The van der Waals surface area contributed by atoms with E-state index in [1.54, 1.807) is 0 Å². The van der Waals surface area contributed by atoms with Crippen molar-refractivity contribution >= 4 is 5.97 Å². The lowest BCUT2D eigenvalue weighted by Crippen LogP contribution is -2.61. The van der Waals surface area contributed by atoms with E-state index in [1.807, 2.05) is 0 Å². The highest BCUT2D eigenvalue weighted by Crippen LogP contribution is 2.21. The van der Waals surface area contributed by atoms with Gasteiger partial charge in [0.25, 0.3) is 0 Å². The van der Waals surface area contributed by atoms with Gasteiger partial charge in [0.05, 0.1) is 6.61 Å². The Labute approximate surface area is 236 Å². The first-order chi connectivity index (χ1) is 19.2. The average Bonchev–Trinajstić information content (AvgIpc) is 2.98. The zero-order chi connectivity index (χ0) is 33.4. The van der Waals surface area contributed by atoms with Crippen molar-refractivity contribution in [1.82, 2.24) is 0 Å². The minimum Gasteiger partial charge on any atom is -0.479 e. The van der Waals surface area contributed by atoms with Gasteiger partial charge in [-0.25, -0.2) is 4.79 Å². The standard InChI is InChI=1S/C21H42O21/c1-42-20(21(40)41)19(39)18(38)17(37)16(36)15(35)14(34)13(33)12(32)11(31)10(30)9(29)8(28)7(27)6(26)5(25)4(24)3(23)2-22/h3-20,22-39H,2H2,1H3,(H,40,41). The van der Waals surface area contributed by atoms with E-state index < -0.39 is 122 Å². The number of carboxylic acids is 1. The van der Waals surface area contributed by atoms with Gasteiger partial charge in [0, 0.05) is 7.11 Å². The van der Waals surface area contributed by atoms with Crippen LogP contribution in [0.25, 0.3) is 0 Å². The molecular weight excluding hydrogens is 588 g/mol. The van der Waals surface area contributed by atoms with Crippen molar-refractivity contribution in [3.63, 3.8) is 0 Å². The fourth-order valence-electron chi connectivity index (χ4n) is 3.73. The molecule has 0 aromatic carbocycles. The Morgan fingerprint density at radius 2 is 0.619 bits per heavy atom. The lowest BCUT2D eigenvalue weighted by atomic mass is 9.87. The molecule has 0 aliphatic carbocycles. The third-order valence-corrected chi connectivity index (χ3v) is 6.64. The summed E-state index contributed by atoms with van der Waals surface area (Å²) in [6, 6.07) is 0. The number of aliphatic hydroxyl groups excluding tert-OH is 18. The van der Waals surface area contributed by atoms with Crippen molar-refractivity contribution in [1.29, 1.82) is 0 Å². The lowest BCUT2D eigenvalue weighted by Gasteiger charge is -2.37. The molecule has 18 unspecified atom stereocenters. The molecule has 0 aromatic rings. The third-order valence-electron chi connectivity index (χ3n) is 6.64. The number of aliphatic carboxylic acids is 1. The van der Waals surface area contributed by atoms with Crippen molar-refractivity contribution in [2.24, 2.45) is 0 Å². The predicted molar refractivity (Wildman–Crippen MR) is 128 cm³/mol. The Hall–Kier alpha value is -1.29. The van der Waals surface area contributed by atoms with E-state index in [9.17, 15) is 91.6 Å². The van der Waals surface area contributed by atoms with E-state index in [2.05, 4.69) is 4.74 Å². The maximum atomic E-state index is 11.0. The second-order valence-electron chi connectivity index (χ2n) is 9.59. The first-order valence-electron chi connectivity index (χ1n) is 12.1. The second-order valence-corrected chi connectivity index (χ2v) is 9.59. The van der Waals surface area contributed by atoms with Crippen molar-refractivity contribution in [2.45, 2.75) is 110 Å². The second kappa shape index (κ2) is 17.9. The maximum Gasteiger partial charge on any atom is 0.335 e. The predicted octanol–water partition coefficient (Wildman–Crippen LogP) is -11.8. The van der Waals surface area contributed by atoms with E-state index >= 15 is 0 Å². The number of hydrogen-bond acceptors (Lipinski definition) is 20. The van der Waals surface area contributed by atoms with E-state index in [1.165, 1.54) is 0 Å². The number of hydrogen-bond donors (Lipinski definition) is 19. The molecule has 0 radical (unpaired) electrons. The van der Waals surface area contributed by atoms with Gasteiger partial charge < -0.3 is 102 Å². The Morgan fingerprint density at radius 3 is 0.786 bits per heavy atom. The molecule has 252 valence electrons. The van der Waals surface area contributed by atoms with Gasteiger partial charge in [-0.15, -0.1) is 0 Å². The van der Waals surface area contributed by atoms with Gasteiger partial charge in [0.15, 0.2) is 6.10 Å². The molecule has 0 heterocycles. The molecule has 0 saturated heterocycles. The van der Waals surface area contributed by atoms with Crippen LogP contribution < -0.4 is 0 Å². The number of carboxylic acid groups (broad SMARTS) is 1. The Bertz CT molecular complexity index is 776. The minimum absolute atomic E-state index is 0.810. The van der Waals surface area contributed by atoms with Gasteiger partial charge >= 0.3 is 5.97 Å². The Kier molecular flexibility index (Phi) is 17.3. The molecule has 21 nitrogen and oxygen atoms in total. The van der Waals surface area contributed by atoms with Crippen LogP contribution in [-0.4, -0.2) is 227 Å². The van der Waals surface area contributed by atoms with Crippen LogP contribution in [0, 0.1) is 0 Å². The first-order valence-corrected chi connectivity index (χ1v) is 12.1. The number of ether oxygens (including phenoxy) is 1. The van der Waals surface area contributed by atoms with Gasteiger partial charge in [-0.1, -0.05) is 0 Å². The smallest absolute Gasteiger partial charge is 0.335 e. The highest BCUT2D eigenvalue weighted by atomic mass is 16.5. The number of methoxy groups -OCH3 is 1. The highest BCUT2D eigenvalue weighted by molar-refractivity contribution is 5.73. The minimum atomic E-state index is -2.77. The normalized spacial score (nSPS) is 25.6. The van der Waals surface area contributed by atoms with Crippen molar-refractivity contribution in [3.8, 4) is 0 Å². The van der Waals surface area contributed by atoms with Crippen molar-refractivity contribution in [2.75, 3.05) is 13.7 Å². The zero-order valence-electron chi connectivity index (χ0n) is 21.9. The summed E-state index contributed by atoms with van der Waals surface area (Å²) in [6.07, 6.45) is -46.3. The number of carbonyl (C=O) groups is 1. The Balaban J connectivity index is 5.47.